The predicted molar refractivity (Wildman–Crippen MR) is 92.6 cm³/mol. The van der Waals surface area contributed by atoms with Gasteiger partial charge in [0, 0.05) is 19.5 Å². The molecule has 0 radical (unpaired) electrons. The number of hydrogen-bond donors (Lipinski definition) is 1. The molecule has 0 spiro atoms. The number of halogens is 1. The molecule has 1 fully saturated rings. The zero-order valence-corrected chi connectivity index (χ0v) is 15.5. The van der Waals surface area contributed by atoms with Crippen molar-refractivity contribution >= 4 is 15.9 Å². The minimum Gasteiger partial charge on any atom is -0.314 e. The highest BCUT2D eigenvalue weighted by Gasteiger charge is 2.28. The highest BCUT2D eigenvalue weighted by Crippen LogP contribution is 2.34. The normalized spacial score (nSPS) is 24.2. The van der Waals surface area contributed by atoms with Crippen molar-refractivity contribution in [2.45, 2.75) is 65.3 Å². The van der Waals surface area contributed by atoms with E-state index in [0.29, 0.717) is 6.04 Å². The molecule has 3 atom stereocenters. The van der Waals surface area contributed by atoms with Gasteiger partial charge in [0.05, 0.1) is 15.9 Å². The molecular formula is C17H30BrN3. The number of aromatic nitrogens is 2. The first kappa shape index (κ1) is 17.0. The van der Waals surface area contributed by atoms with Crippen molar-refractivity contribution in [2.24, 2.45) is 18.9 Å². The third-order valence-electron chi connectivity index (χ3n) is 5.11. The Hall–Kier alpha value is -0.350. The summed E-state index contributed by atoms with van der Waals surface area (Å²) in [6, 6.07) is 0.579. The molecule has 1 heterocycles. The quantitative estimate of drug-likeness (QED) is 0.827. The van der Waals surface area contributed by atoms with Crippen LogP contribution in [0.25, 0.3) is 0 Å². The fourth-order valence-electron chi connectivity index (χ4n) is 3.85. The molecule has 4 heteroatoms. The first-order valence-electron chi connectivity index (χ1n) is 8.48. The Labute approximate surface area is 138 Å². The molecule has 0 bridgehead atoms. The maximum atomic E-state index is 4.54. The van der Waals surface area contributed by atoms with Crippen LogP contribution >= 0.6 is 15.9 Å². The number of rotatable bonds is 6. The molecule has 0 saturated heterocycles. The number of aryl methyl sites for hydroxylation is 2. The first-order valence-corrected chi connectivity index (χ1v) is 9.27. The van der Waals surface area contributed by atoms with E-state index in [1.165, 1.54) is 42.3 Å². The summed E-state index contributed by atoms with van der Waals surface area (Å²) in [5, 5.41) is 8.29. The lowest BCUT2D eigenvalue weighted by atomic mass is 9.76. The van der Waals surface area contributed by atoms with Gasteiger partial charge in [0.15, 0.2) is 0 Å². The van der Waals surface area contributed by atoms with Crippen LogP contribution in [-0.4, -0.2) is 22.4 Å². The summed E-state index contributed by atoms with van der Waals surface area (Å²) < 4.78 is 3.24. The third-order valence-corrected chi connectivity index (χ3v) is 6.14. The number of hydrogen-bond acceptors (Lipinski definition) is 2. The molecule has 0 aliphatic heterocycles. The average molecular weight is 356 g/mol. The summed E-state index contributed by atoms with van der Waals surface area (Å²) in [5.41, 5.74) is 2.43. The predicted octanol–water partition coefficient (Wildman–Crippen LogP) is 4.23. The summed E-state index contributed by atoms with van der Waals surface area (Å²) in [4.78, 5) is 0. The van der Waals surface area contributed by atoms with E-state index < -0.39 is 0 Å². The SMILES string of the molecule is CCNC(Cc1c(Br)c(C)nn1C)C1CCCC(CC)C1. The van der Waals surface area contributed by atoms with Gasteiger partial charge in [-0.1, -0.05) is 33.1 Å². The largest absolute Gasteiger partial charge is 0.314 e. The molecule has 3 nitrogen and oxygen atoms in total. The van der Waals surface area contributed by atoms with E-state index in [1.54, 1.807) is 0 Å². The second-order valence-corrected chi connectivity index (χ2v) is 7.33. The number of likely N-dealkylation sites (N-methyl/N-ethyl adjacent to an activating group) is 1. The van der Waals surface area contributed by atoms with Crippen molar-refractivity contribution in [2.75, 3.05) is 6.54 Å². The lowest BCUT2D eigenvalue weighted by molar-refractivity contribution is 0.207. The fourth-order valence-corrected chi connectivity index (χ4v) is 4.34. The number of nitrogens with one attached hydrogen (secondary N) is 1. The Bertz CT molecular complexity index is 455. The van der Waals surface area contributed by atoms with Gasteiger partial charge in [-0.2, -0.15) is 5.10 Å². The van der Waals surface area contributed by atoms with Crippen LogP contribution in [0.1, 0.15) is 57.3 Å². The topological polar surface area (TPSA) is 29.9 Å². The molecule has 120 valence electrons. The summed E-state index contributed by atoms with van der Waals surface area (Å²) in [7, 11) is 2.06. The van der Waals surface area contributed by atoms with Gasteiger partial charge in [0.1, 0.15) is 0 Å². The van der Waals surface area contributed by atoms with Gasteiger partial charge in [-0.05, 0) is 54.1 Å². The monoisotopic (exact) mass is 355 g/mol. The van der Waals surface area contributed by atoms with E-state index in [1.807, 2.05) is 4.68 Å². The molecule has 0 aromatic carbocycles. The van der Waals surface area contributed by atoms with Crippen LogP contribution < -0.4 is 5.32 Å². The molecular weight excluding hydrogens is 326 g/mol. The van der Waals surface area contributed by atoms with E-state index in [9.17, 15) is 0 Å². The molecule has 1 N–H and O–H groups in total. The van der Waals surface area contributed by atoms with Crippen LogP contribution in [0.3, 0.4) is 0 Å². The van der Waals surface area contributed by atoms with Crippen LogP contribution in [0, 0.1) is 18.8 Å². The molecule has 2 rings (SSSR count). The fraction of sp³-hybridized carbons (Fsp3) is 0.824. The smallest absolute Gasteiger partial charge is 0.0738 e. The summed E-state index contributed by atoms with van der Waals surface area (Å²) >= 11 is 3.72. The summed E-state index contributed by atoms with van der Waals surface area (Å²) in [6.45, 7) is 7.68. The maximum absolute atomic E-state index is 4.54. The van der Waals surface area contributed by atoms with E-state index in [-0.39, 0.29) is 0 Å². The molecule has 1 aromatic rings. The minimum atomic E-state index is 0.579. The van der Waals surface area contributed by atoms with Crippen molar-refractivity contribution < 1.29 is 0 Å². The number of nitrogens with zero attached hydrogens (tertiary/aromatic N) is 2. The summed E-state index contributed by atoms with van der Waals surface area (Å²) in [5.74, 6) is 1.74. The van der Waals surface area contributed by atoms with Crippen LogP contribution in [-0.2, 0) is 13.5 Å². The van der Waals surface area contributed by atoms with E-state index in [4.69, 9.17) is 0 Å². The lowest BCUT2D eigenvalue weighted by Gasteiger charge is -2.35. The van der Waals surface area contributed by atoms with Crippen LogP contribution in [0.4, 0.5) is 0 Å². The van der Waals surface area contributed by atoms with E-state index >= 15 is 0 Å². The highest BCUT2D eigenvalue weighted by atomic mass is 79.9. The molecule has 21 heavy (non-hydrogen) atoms. The molecule has 1 aliphatic carbocycles. The molecule has 1 saturated carbocycles. The molecule has 0 amide bonds. The minimum absolute atomic E-state index is 0.579. The van der Waals surface area contributed by atoms with Gasteiger partial charge >= 0.3 is 0 Å². The van der Waals surface area contributed by atoms with Crippen LogP contribution in [0.2, 0.25) is 0 Å². The van der Waals surface area contributed by atoms with Gasteiger partial charge in [0.2, 0.25) is 0 Å². The van der Waals surface area contributed by atoms with Crippen LogP contribution in [0.5, 0.6) is 0 Å². The molecule has 1 aliphatic rings. The van der Waals surface area contributed by atoms with Gasteiger partial charge in [-0.15, -0.1) is 0 Å². The Morgan fingerprint density at radius 3 is 2.71 bits per heavy atom. The third kappa shape index (κ3) is 4.10. The average Bonchev–Trinajstić information content (AvgIpc) is 2.73. The Kier molecular flexibility index (Phi) is 6.30. The summed E-state index contributed by atoms with van der Waals surface area (Å²) in [6.07, 6.45) is 8.01. The van der Waals surface area contributed by atoms with E-state index in [0.717, 1.165) is 30.5 Å². The Morgan fingerprint density at radius 2 is 2.14 bits per heavy atom. The second kappa shape index (κ2) is 7.77. The van der Waals surface area contributed by atoms with Gasteiger partial charge < -0.3 is 5.32 Å². The van der Waals surface area contributed by atoms with Crippen molar-refractivity contribution in [1.29, 1.82) is 0 Å². The van der Waals surface area contributed by atoms with E-state index in [2.05, 4.69) is 54.2 Å². The van der Waals surface area contributed by atoms with Gasteiger partial charge in [0.25, 0.3) is 0 Å². The molecule has 1 aromatic heterocycles. The lowest BCUT2D eigenvalue weighted by Crippen LogP contribution is -2.40. The standard InChI is InChI=1S/C17H30BrN3/c1-5-13-8-7-9-14(10-13)15(19-6-2)11-16-17(18)12(3)20-21(16)4/h13-15,19H,5-11H2,1-4H3. The van der Waals surface area contributed by atoms with Crippen molar-refractivity contribution in [3.63, 3.8) is 0 Å². The van der Waals surface area contributed by atoms with Gasteiger partial charge in [-0.3, -0.25) is 4.68 Å². The van der Waals surface area contributed by atoms with Crippen molar-refractivity contribution in [3.05, 3.63) is 15.9 Å². The zero-order valence-electron chi connectivity index (χ0n) is 14.0. The maximum Gasteiger partial charge on any atom is 0.0738 e. The van der Waals surface area contributed by atoms with Crippen LogP contribution in [0.15, 0.2) is 4.47 Å². The highest BCUT2D eigenvalue weighted by molar-refractivity contribution is 9.10. The van der Waals surface area contributed by atoms with Crippen molar-refractivity contribution in [3.8, 4) is 0 Å². The Balaban J connectivity index is 2.11. The molecule has 3 unspecified atom stereocenters. The second-order valence-electron chi connectivity index (χ2n) is 6.54. The zero-order chi connectivity index (χ0) is 15.4. The van der Waals surface area contributed by atoms with Crippen molar-refractivity contribution in [1.82, 2.24) is 15.1 Å². The van der Waals surface area contributed by atoms with Gasteiger partial charge in [-0.25, -0.2) is 0 Å². The Morgan fingerprint density at radius 1 is 1.38 bits per heavy atom. The first-order chi connectivity index (χ1) is 10.1.